The van der Waals surface area contributed by atoms with E-state index in [0.29, 0.717) is 20.5 Å². The first-order valence-corrected chi connectivity index (χ1v) is 9.76. The second kappa shape index (κ2) is 9.40. The Balaban J connectivity index is 1.51. The van der Waals surface area contributed by atoms with E-state index >= 15 is 0 Å². The van der Waals surface area contributed by atoms with Gasteiger partial charge in [-0.25, -0.2) is 4.79 Å². The molecule has 1 aromatic carbocycles. The van der Waals surface area contributed by atoms with Crippen LogP contribution in [0.3, 0.4) is 0 Å². The van der Waals surface area contributed by atoms with Gasteiger partial charge in [0.15, 0.2) is 12.4 Å². The van der Waals surface area contributed by atoms with Crippen molar-refractivity contribution in [3.05, 3.63) is 75.5 Å². The van der Waals surface area contributed by atoms with Gasteiger partial charge in [-0.2, -0.15) is 0 Å². The molecule has 7 nitrogen and oxygen atoms in total. The summed E-state index contributed by atoms with van der Waals surface area (Å²) < 4.78 is 10.1. The van der Waals surface area contributed by atoms with E-state index in [4.69, 9.17) is 20.8 Å². The minimum atomic E-state index is -0.640. The van der Waals surface area contributed by atoms with Gasteiger partial charge in [0.25, 0.3) is 11.8 Å². The molecule has 2 amide bonds. The summed E-state index contributed by atoms with van der Waals surface area (Å²) in [6.07, 6.45) is 1.40. The molecule has 2 aromatic heterocycles. The molecule has 0 atom stereocenters. The quantitative estimate of drug-likeness (QED) is 0.549. The smallest absolute Gasteiger partial charge is 0.349 e. The molecule has 0 saturated heterocycles. The lowest BCUT2D eigenvalue weighted by molar-refractivity contribution is -0.124. The maximum atomic E-state index is 12.3. The van der Waals surface area contributed by atoms with E-state index in [9.17, 15) is 14.4 Å². The molecule has 0 bridgehead atoms. The lowest BCUT2D eigenvalue weighted by atomic mass is 10.2. The van der Waals surface area contributed by atoms with Crippen LogP contribution in [0.1, 0.15) is 31.4 Å². The number of aryl methyl sites for hydroxylation is 1. The van der Waals surface area contributed by atoms with Crippen LogP contribution >= 0.6 is 22.9 Å². The highest BCUT2D eigenvalue weighted by Gasteiger charge is 2.18. The van der Waals surface area contributed by atoms with Crippen LogP contribution in [-0.2, 0) is 16.1 Å². The zero-order chi connectivity index (χ0) is 20.8. The van der Waals surface area contributed by atoms with E-state index in [0.717, 1.165) is 16.9 Å². The maximum Gasteiger partial charge on any atom is 0.349 e. The molecule has 0 radical (unpaired) electrons. The normalized spacial score (nSPS) is 10.4. The number of nitrogens with one attached hydrogen (secondary N) is 2. The molecule has 0 saturated carbocycles. The molecule has 0 fully saturated rings. The molecular formula is C20H17ClN2O5S. The average Bonchev–Trinajstić information content (AvgIpc) is 3.35. The van der Waals surface area contributed by atoms with Crippen LogP contribution in [0.2, 0.25) is 5.02 Å². The van der Waals surface area contributed by atoms with Crippen molar-refractivity contribution in [2.75, 3.05) is 11.9 Å². The first-order valence-electron chi connectivity index (χ1n) is 8.56. The number of hydrogen-bond donors (Lipinski definition) is 2. The van der Waals surface area contributed by atoms with Crippen molar-refractivity contribution in [2.24, 2.45) is 0 Å². The summed E-state index contributed by atoms with van der Waals surface area (Å²) in [5.41, 5.74) is 1.39. The van der Waals surface area contributed by atoms with Crippen molar-refractivity contribution in [1.82, 2.24) is 5.32 Å². The number of halogens is 1. The Hall–Kier alpha value is -3.10. The predicted octanol–water partition coefficient (Wildman–Crippen LogP) is 4.03. The number of carbonyl (C=O) groups excluding carboxylic acids is 3. The average molecular weight is 433 g/mol. The van der Waals surface area contributed by atoms with Gasteiger partial charge >= 0.3 is 5.97 Å². The number of rotatable bonds is 7. The molecule has 2 N–H and O–H groups in total. The van der Waals surface area contributed by atoms with Crippen molar-refractivity contribution < 1.29 is 23.5 Å². The van der Waals surface area contributed by atoms with Gasteiger partial charge in [-0.05, 0) is 42.3 Å². The summed E-state index contributed by atoms with van der Waals surface area (Å²) >= 11 is 7.09. The fourth-order valence-corrected chi connectivity index (χ4v) is 3.57. The summed E-state index contributed by atoms with van der Waals surface area (Å²) in [6, 6.07) is 11.9. The third-order valence-electron chi connectivity index (χ3n) is 3.85. The van der Waals surface area contributed by atoms with Gasteiger partial charge in [0, 0.05) is 11.6 Å². The number of hydrogen-bond acceptors (Lipinski definition) is 6. The minimum absolute atomic E-state index is 0.162. The van der Waals surface area contributed by atoms with Crippen LogP contribution in [0.5, 0.6) is 0 Å². The first-order chi connectivity index (χ1) is 13.9. The number of ether oxygens (including phenoxy) is 1. The molecular weight excluding hydrogens is 416 g/mol. The molecule has 0 spiro atoms. The minimum Gasteiger partial charge on any atom is -0.459 e. The lowest BCUT2D eigenvalue weighted by Crippen LogP contribution is -2.28. The summed E-state index contributed by atoms with van der Waals surface area (Å²) in [5, 5.41) is 6.31. The Bertz CT molecular complexity index is 1030. The van der Waals surface area contributed by atoms with E-state index in [1.807, 2.05) is 6.07 Å². The van der Waals surface area contributed by atoms with E-state index < -0.39 is 24.4 Å². The molecule has 3 rings (SSSR count). The Kier molecular flexibility index (Phi) is 6.69. The standard InChI is InChI=1S/C20H17ClN2O5S/c1-12-9-17(23-19(25)15-7-4-8-27-15)29-18(12)20(26)28-11-16(24)22-10-13-5-2-3-6-14(13)21/h2-9H,10-11H2,1H3,(H,22,24)(H,23,25). The molecule has 29 heavy (non-hydrogen) atoms. The Morgan fingerprint density at radius 3 is 2.69 bits per heavy atom. The van der Waals surface area contributed by atoms with Gasteiger partial charge in [-0.1, -0.05) is 29.8 Å². The van der Waals surface area contributed by atoms with Crippen molar-refractivity contribution in [2.45, 2.75) is 13.5 Å². The second-order valence-electron chi connectivity index (χ2n) is 6.00. The Morgan fingerprint density at radius 2 is 1.97 bits per heavy atom. The number of esters is 1. The SMILES string of the molecule is Cc1cc(NC(=O)c2ccco2)sc1C(=O)OCC(=O)NCc1ccccc1Cl. The van der Waals surface area contributed by atoms with Crippen LogP contribution in [0.4, 0.5) is 5.00 Å². The third-order valence-corrected chi connectivity index (χ3v) is 5.35. The number of amides is 2. The van der Waals surface area contributed by atoms with Gasteiger partial charge < -0.3 is 19.8 Å². The van der Waals surface area contributed by atoms with Gasteiger partial charge in [0.1, 0.15) is 4.88 Å². The Morgan fingerprint density at radius 1 is 1.17 bits per heavy atom. The van der Waals surface area contributed by atoms with Gasteiger partial charge in [0.05, 0.1) is 11.3 Å². The number of furan rings is 1. The summed E-state index contributed by atoms with van der Waals surface area (Å²) in [6.45, 7) is 1.53. The van der Waals surface area contributed by atoms with Crippen LogP contribution < -0.4 is 10.6 Å². The monoisotopic (exact) mass is 432 g/mol. The number of carbonyl (C=O) groups is 3. The fraction of sp³-hybridized carbons (Fsp3) is 0.150. The summed E-state index contributed by atoms with van der Waals surface area (Å²) in [7, 11) is 0. The molecule has 0 unspecified atom stereocenters. The molecule has 150 valence electrons. The summed E-state index contributed by atoms with van der Waals surface area (Å²) in [4.78, 5) is 36.5. The zero-order valence-electron chi connectivity index (χ0n) is 15.4. The molecule has 3 aromatic rings. The topological polar surface area (TPSA) is 97.6 Å². The van der Waals surface area contributed by atoms with Gasteiger partial charge in [-0.3, -0.25) is 9.59 Å². The highest BCUT2D eigenvalue weighted by Crippen LogP contribution is 2.27. The predicted molar refractivity (Wildman–Crippen MR) is 109 cm³/mol. The van der Waals surface area contributed by atoms with Crippen molar-refractivity contribution in [3.63, 3.8) is 0 Å². The maximum absolute atomic E-state index is 12.3. The first kappa shape index (κ1) is 20.6. The van der Waals surface area contributed by atoms with Gasteiger partial charge in [0.2, 0.25) is 0 Å². The number of anilines is 1. The van der Waals surface area contributed by atoms with Crippen LogP contribution in [0.15, 0.2) is 53.1 Å². The molecule has 2 heterocycles. The third kappa shape index (κ3) is 5.46. The fourth-order valence-electron chi connectivity index (χ4n) is 2.41. The van der Waals surface area contributed by atoms with Gasteiger partial charge in [-0.15, -0.1) is 11.3 Å². The highest BCUT2D eigenvalue weighted by molar-refractivity contribution is 7.18. The molecule has 9 heteroatoms. The molecule has 0 aliphatic rings. The van der Waals surface area contributed by atoms with Crippen LogP contribution in [0, 0.1) is 6.92 Å². The van der Waals surface area contributed by atoms with E-state index in [1.165, 1.54) is 12.3 Å². The number of thiophene rings is 1. The van der Waals surface area contributed by atoms with Crippen LogP contribution in [-0.4, -0.2) is 24.4 Å². The van der Waals surface area contributed by atoms with E-state index in [-0.39, 0.29) is 12.3 Å². The second-order valence-corrected chi connectivity index (χ2v) is 7.46. The highest BCUT2D eigenvalue weighted by atomic mass is 35.5. The largest absolute Gasteiger partial charge is 0.459 e. The van der Waals surface area contributed by atoms with Crippen molar-refractivity contribution in [1.29, 1.82) is 0 Å². The molecule has 0 aliphatic carbocycles. The zero-order valence-corrected chi connectivity index (χ0v) is 16.9. The lowest BCUT2D eigenvalue weighted by Gasteiger charge is -2.07. The van der Waals surface area contributed by atoms with E-state index in [2.05, 4.69) is 10.6 Å². The van der Waals surface area contributed by atoms with E-state index in [1.54, 1.807) is 37.3 Å². The Labute approximate surface area is 175 Å². The van der Waals surface area contributed by atoms with Crippen molar-refractivity contribution in [3.8, 4) is 0 Å². The number of benzene rings is 1. The molecule has 0 aliphatic heterocycles. The summed E-state index contributed by atoms with van der Waals surface area (Å²) in [5.74, 6) is -1.34. The van der Waals surface area contributed by atoms with Crippen molar-refractivity contribution >= 4 is 45.7 Å². The van der Waals surface area contributed by atoms with Crippen LogP contribution in [0.25, 0.3) is 0 Å².